The zero-order chi connectivity index (χ0) is 26.0. The number of hydrogen-bond donors (Lipinski definition) is 3. The van der Waals surface area contributed by atoms with Gasteiger partial charge in [0.1, 0.15) is 5.82 Å². The fourth-order valence-corrected chi connectivity index (χ4v) is 3.86. The number of carbonyl (C=O) groups is 2. The number of halogens is 4. The number of hydrogen-bond acceptors (Lipinski definition) is 4. The molecule has 186 valence electrons. The number of alkyl halides is 3. The number of aryl methyl sites for hydroxylation is 1. The van der Waals surface area contributed by atoms with E-state index in [1.54, 1.807) is 36.4 Å². The SMILES string of the molecule is Cn1ccc(-c2cc(C(=O)NC3=CNC(CC(N)=O)C=C3c3ccccc3)c(F)cc2C(F)(F)F)n1. The van der Waals surface area contributed by atoms with Gasteiger partial charge in [-0.25, -0.2) is 4.39 Å². The molecule has 0 radical (unpaired) electrons. The van der Waals surface area contributed by atoms with Crippen molar-refractivity contribution in [2.45, 2.75) is 18.6 Å². The first-order valence-electron chi connectivity index (χ1n) is 10.8. The zero-order valence-corrected chi connectivity index (χ0v) is 18.9. The summed E-state index contributed by atoms with van der Waals surface area (Å²) in [6.07, 6.45) is -0.295. The molecule has 2 aromatic carbocycles. The van der Waals surface area contributed by atoms with Gasteiger partial charge < -0.3 is 16.4 Å². The number of amides is 2. The second kappa shape index (κ2) is 9.68. The molecule has 0 saturated carbocycles. The van der Waals surface area contributed by atoms with Crippen molar-refractivity contribution in [3.8, 4) is 11.3 Å². The minimum Gasteiger partial charge on any atom is -0.382 e. The smallest absolute Gasteiger partial charge is 0.382 e. The molecule has 3 aromatic rings. The van der Waals surface area contributed by atoms with Crippen LogP contribution in [0, 0.1) is 5.82 Å². The molecular formula is C25H21F4N5O2. The monoisotopic (exact) mass is 499 g/mol. The van der Waals surface area contributed by atoms with Crippen LogP contribution in [0.5, 0.6) is 0 Å². The summed E-state index contributed by atoms with van der Waals surface area (Å²) in [5.74, 6) is -2.83. The average Bonchev–Trinajstić information content (AvgIpc) is 3.25. The van der Waals surface area contributed by atoms with Gasteiger partial charge in [0.25, 0.3) is 5.91 Å². The molecule has 2 amide bonds. The Kier molecular flexibility index (Phi) is 6.65. The molecule has 0 fully saturated rings. The molecule has 1 aliphatic heterocycles. The third kappa shape index (κ3) is 5.29. The van der Waals surface area contributed by atoms with Gasteiger partial charge in [0.15, 0.2) is 0 Å². The van der Waals surface area contributed by atoms with E-state index in [0.717, 1.165) is 6.07 Å². The predicted molar refractivity (Wildman–Crippen MR) is 124 cm³/mol. The van der Waals surface area contributed by atoms with Crippen molar-refractivity contribution in [3.05, 3.63) is 95.2 Å². The highest BCUT2D eigenvalue weighted by Gasteiger charge is 2.36. The van der Waals surface area contributed by atoms with E-state index in [9.17, 15) is 27.2 Å². The van der Waals surface area contributed by atoms with Crippen molar-refractivity contribution in [1.82, 2.24) is 20.4 Å². The van der Waals surface area contributed by atoms with Crippen LogP contribution in [0.4, 0.5) is 17.6 Å². The van der Waals surface area contributed by atoms with Crippen LogP contribution in [-0.4, -0.2) is 27.6 Å². The Hall–Kier alpha value is -4.41. The predicted octanol–water partition coefficient (Wildman–Crippen LogP) is 3.75. The molecule has 2 heterocycles. The lowest BCUT2D eigenvalue weighted by atomic mass is 9.96. The molecule has 0 aliphatic carbocycles. The number of carbonyl (C=O) groups excluding carboxylic acids is 2. The number of dihydropyridines is 1. The molecule has 7 nitrogen and oxygen atoms in total. The summed E-state index contributed by atoms with van der Waals surface area (Å²) >= 11 is 0. The Balaban J connectivity index is 1.71. The highest BCUT2D eigenvalue weighted by atomic mass is 19.4. The third-order valence-corrected chi connectivity index (χ3v) is 5.50. The molecule has 1 aliphatic rings. The lowest BCUT2D eigenvalue weighted by molar-refractivity contribution is -0.137. The van der Waals surface area contributed by atoms with Crippen LogP contribution in [0.2, 0.25) is 0 Å². The van der Waals surface area contributed by atoms with Gasteiger partial charge in [-0.05, 0) is 23.8 Å². The molecule has 11 heteroatoms. The second-order valence-corrected chi connectivity index (χ2v) is 8.15. The number of benzene rings is 2. The van der Waals surface area contributed by atoms with Crippen molar-refractivity contribution in [3.63, 3.8) is 0 Å². The Morgan fingerprint density at radius 3 is 2.50 bits per heavy atom. The molecule has 1 unspecified atom stereocenters. The first kappa shape index (κ1) is 24.7. The molecule has 0 bridgehead atoms. The van der Waals surface area contributed by atoms with Crippen LogP contribution in [0.1, 0.15) is 27.9 Å². The van der Waals surface area contributed by atoms with E-state index in [1.807, 2.05) is 0 Å². The van der Waals surface area contributed by atoms with Gasteiger partial charge in [-0.3, -0.25) is 14.3 Å². The summed E-state index contributed by atoms with van der Waals surface area (Å²) in [7, 11) is 1.53. The maximum atomic E-state index is 14.8. The molecular weight excluding hydrogens is 478 g/mol. The summed E-state index contributed by atoms with van der Waals surface area (Å²) in [5, 5.41) is 9.48. The van der Waals surface area contributed by atoms with E-state index < -0.39 is 46.5 Å². The van der Waals surface area contributed by atoms with Crippen molar-refractivity contribution in [1.29, 1.82) is 0 Å². The number of nitrogens with zero attached hydrogens (tertiary/aromatic N) is 2. The summed E-state index contributed by atoms with van der Waals surface area (Å²) in [6, 6.07) is 10.9. The summed E-state index contributed by atoms with van der Waals surface area (Å²) in [4.78, 5) is 24.5. The van der Waals surface area contributed by atoms with Crippen LogP contribution in [-0.2, 0) is 18.0 Å². The van der Waals surface area contributed by atoms with E-state index in [-0.39, 0.29) is 17.8 Å². The molecule has 1 atom stereocenters. The Morgan fingerprint density at radius 1 is 1.17 bits per heavy atom. The number of nitrogens with one attached hydrogen (secondary N) is 2. The number of nitrogens with two attached hydrogens (primary N) is 1. The van der Waals surface area contributed by atoms with Gasteiger partial charge >= 0.3 is 6.18 Å². The van der Waals surface area contributed by atoms with E-state index in [4.69, 9.17) is 5.73 Å². The van der Waals surface area contributed by atoms with E-state index in [2.05, 4.69) is 15.7 Å². The molecule has 0 saturated heterocycles. The van der Waals surface area contributed by atoms with Gasteiger partial charge in [-0.1, -0.05) is 36.4 Å². The standard InChI is InChI=1S/C25H21F4N5O2/c1-34-8-7-21(33-34)17-11-18(20(26)12-19(17)25(27,28)29)24(36)32-22-13-31-15(10-23(30)35)9-16(22)14-5-3-2-4-6-14/h2-9,11-13,15,31H,10H2,1H3,(H2,30,35)(H,32,36). The topological polar surface area (TPSA) is 102 Å². The number of aromatic nitrogens is 2. The minimum atomic E-state index is -4.86. The van der Waals surface area contributed by atoms with Gasteiger partial charge in [0.05, 0.1) is 35.0 Å². The number of allylic oxidation sites excluding steroid dienone is 1. The fourth-order valence-electron chi connectivity index (χ4n) is 3.86. The maximum Gasteiger partial charge on any atom is 0.417 e. The lowest BCUT2D eigenvalue weighted by Gasteiger charge is -2.24. The Bertz CT molecular complexity index is 1380. The first-order chi connectivity index (χ1) is 17.0. The van der Waals surface area contributed by atoms with Crippen molar-refractivity contribution in [2.75, 3.05) is 0 Å². The highest BCUT2D eigenvalue weighted by Crippen LogP contribution is 2.38. The Labute approximate surface area is 203 Å². The summed E-state index contributed by atoms with van der Waals surface area (Å²) in [5.41, 5.74) is 4.45. The molecule has 36 heavy (non-hydrogen) atoms. The summed E-state index contributed by atoms with van der Waals surface area (Å²) in [6.45, 7) is 0. The molecule has 0 spiro atoms. The van der Waals surface area contributed by atoms with E-state index >= 15 is 0 Å². The quantitative estimate of drug-likeness (QED) is 0.450. The largest absolute Gasteiger partial charge is 0.417 e. The second-order valence-electron chi connectivity index (χ2n) is 8.15. The van der Waals surface area contributed by atoms with E-state index in [0.29, 0.717) is 17.2 Å². The van der Waals surface area contributed by atoms with Crippen LogP contribution in [0.3, 0.4) is 0 Å². The van der Waals surface area contributed by atoms with Crippen LogP contribution in [0.25, 0.3) is 16.8 Å². The minimum absolute atomic E-state index is 0.00493. The Morgan fingerprint density at radius 2 is 1.89 bits per heavy atom. The normalized spacial score (nSPS) is 15.5. The first-order valence-corrected chi connectivity index (χ1v) is 10.8. The summed E-state index contributed by atoms with van der Waals surface area (Å²) < 4.78 is 57.0. The average molecular weight is 499 g/mol. The molecule has 4 N–H and O–H groups in total. The van der Waals surface area contributed by atoms with Crippen LogP contribution in [0.15, 0.2) is 72.7 Å². The van der Waals surface area contributed by atoms with Gasteiger partial charge in [0, 0.05) is 30.6 Å². The third-order valence-electron chi connectivity index (χ3n) is 5.50. The highest BCUT2D eigenvalue weighted by molar-refractivity contribution is 5.99. The van der Waals surface area contributed by atoms with E-state index in [1.165, 1.54) is 30.2 Å². The number of rotatable bonds is 6. The van der Waals surface area contributed by atoms with Crippen molar-refractivity contribution < 1.29 is 27.2 Å². The molecule has 4 rings (SSSR count). The number of primary amides is 1. The van der Waals surface area contributed by atoms with Crippen LogP contribution >= 0.6 is 0 Å². The van der Waals surface area contributed by atoms with Crippen molar-refractivity contribution in [2.24, 2.45) is 12.8 Å². The van der Waals surface area contributed by atoms with Gasteiger partial charge in [-0.15, -0.1) is 0 Å². The molecule has 1 aromatic heterocycles. The lowest BCUT2D eigenvalue weighted by Crippen LogP contribution is -2.35. The fraction of sp³-hybridized carbons (Fsp3) is 0.160. The zero-order valence-electron chi connectivity index (χ0n) is 18.9. The maximum absolute atomic E-state index is 14.8. The van der Waals surface area contributed by atoms with Gasteiger partial charge in [0.2, 0.25) is 5.91 Å². The van der Waals surface area contributed by atoms with Crippen LogP contribution < -0.4 is 16.4 Å². The van der Waals surface area contributed by atoms with Crippen molar-refractivity contribution >= 4 is 17.4 Å². The van der Waals surface area contributed by atoms with Gasteiger partial charge in [-0.2, -0.15) is 18.3 Å².